The maximum Gasteiger partial charge on any atom is 0.280 e. The number of carbonyl (C=O) groups excluding carboxylic acids is 2. The summed E-state index contributed by atoms with van der Waals surface area (Å²) >= 11 is 4.21. The number of halogens is 3. The molecule has 1 aliphatic carbocycles. The molecular formula is C18H16BrF2N5O2S. The molecule has 0 aromatic carbocycles. The normalized spacial score (nSPS) is 14.0. The zero-order chi connectivity index (χ0) is 20.9. The molecule has 29 heavy (non-hydrogen) atoms. The number of primary amides is 1. The number of rotatable bonds is 6. The Morgan fingerprint density at radius 3 is 2.72 bits per heavy atom. The van der Waals surface area contributed by atoms with Crippen LogP contribution in [0.5, 0.6) is 0 Å². The Hall–Kier alpha value is -2.40. The SMILES string of the molecule is CCn1cc(Br)c(C(=O)Nc2c(C(N)=O)sc3nc(C(F)F)cc(C4CC4)c23)n1. The van der Waals surface area contributed by atoms with Crippen molar-refractivity contribution in [2.24, 2.45) is 5.73 Å². The average Bonchev–Trinajstić information content (AvgIpc) is 3.36. The number of hydrogen-bond donors (Lipinski definition) is 2. The Labute approximate surface area is 176 Å². The van der Waals surface area contributed by atoms with E-state index in [4.69, 9.17) is 5.73 Å². The molecule has 3 N–H and O–H groups in total. The largest absolute Gasteiger partial charge is 0.365 e. The second-order valence-corrected chi connectivity index (χ2v) is 8.55. The predicted octanol–water partition coefficient (Wildman–Crippen LogP) is 4.44. The first-order valence-electron chi connectivity index (χ1n) is 8.89. The minimum absolute atomic E-state index is 0.0696. The number of nitrogens with one attached hydrogen (secondary N) is 1. The van der Waals surface area contributed by atoms with Crippen molar-refractivity contribution in [1.82, 2.24) is 14.8 Å². The molecule has 0 spiro atoms. The summed E-state index contributed by atoms with van der Waals surface area (Å²) in [7, 11) is 0. The highest BCUT2D eigenvalue weighted by Gasteiger charge is 2.32. The molecule has 11 heteroatoms. The van der Waals surface area contributed by atoms with E-state index < -0.39 is 18.2 Å². The Balaban J connectivity index is 1.86. The molecule has 0 aliphatic heterocycles. The highest BCUT2D eigenvalue weighted by molar-refractivity contribution is 9.10. The van der Waals surface area contributed by atoms with Gasteiger partial charge in [-0.05, 0) is 53.2 Å². The Morgan fingerprint density at radius 1 is 1.45 bits per heavy atom. The zero-order valence-electron chi connectivity index (χ0n) is 15.2. The van der Waals surface area contributed by atoms with E-state index >= 15 is 0 Å². The van der Waals surface area contributed by atoms with Crippen molar-refractivity contribution >= 4 is 55.0 Å². The third kappa shape index (κ3) is 3.64. The fourth-order valence-corrected chi connectivity index (χ4v) is 4.67. The first-order chi connectivity index (χ1) is 13.8. The average molecular weight is 484 g/mol. The van der Waals surface area contributed by atoms with Gasteiger partial charge in [0.15, 0.2) is 5.69 Å². The van der Waals surface area contributed by atoms with Crippen LogP contribution in [0.25, 0.3) is 10.2 Å². The summed E-state index contributed by atoms with van der Waals surface area (Å²) < 4.78 is 28.7. The number of hydrogen-bond acceptors (Lipinski definition) is 5. The van der Waals surface area contributed by atoms with Gasteiger partial charge in [-0.1, -0.05) is 0 Å². The van der Waals surface area contributed by atoms with Crippen molar-refractivity contribution in [3.05, 3.63) is 38.6 Å². The molecule has 0 bridgehead atoms. The van der Waals surface area contributed by atoms with Gasteiger partial charge in [-0.2, -0.15) is 5.10 Å². The molecular weight excluding hydrogens is 468 g/mol. The van der Waals surface area contributed by atoms with Gasteiger partial charge < -0.3 is 11.1 Å². The van der Waals surface area contributed by atoms with E-state index in [1.54, 1.807) is 10.9 Å². The number of alkyl halides is 2. The number of carbonyl (C=O) groups is 2. The van der Waals surface area contributed by atoms with Crippen LogP contribution < -0.4 is 11.1 Å². The van der Waals surface area contributed by atoms with Gasteiger partial charge in [0.1, 0.15) is 15.4 Å². The summed E-state index contributed by atoms with van der Waals surface area (Å²) in [5, 5.41) is 7.41. The van der Waals surface area contributed by atoms with E-state index in [0.717, 1.165) is 24.2 Å². The smallest absolute Gasteiger partial charge is 0.280 e. The molecule has 0 radical (unpaired) electrons. The van der Waals surface area contributed by atoms with E-state index in [1.807, 2.05) is 6.92 Å². The molecule has 1 aliphatic rings. The highest BCUT2D eigenvalue weighted by atomic mass is 79.9. The van der Waals surface area contributed by atoms with Crippen molar-refractivity contribution in [3.63, 3.8) is 0 Å². The van der Waals surface area contributed by atoms with Crippen LogP contribution in [0, 0.1) is 0 Å². The summed E-state index contributed by atoms with van der Waals surface area (Å²) in [4.78, 5) is 29.2. The third-order valence-electron chi connectivity index (χ3n) is 4.67. The number of thiophene rings is 1. The molecule has 152 valence electrons. The molecule has 2 amide bonds. The van der Waals surface area contributed by atoms with Crippen LogP contribution >= 0.6 is 27.3 Å². The minimum atomic E-state index is -2.73. The van der Waals surface area contributed by atoms with Crippen LogP contribution in [-0.4, -0.2) is 26.6 Å². The van der Waals surface area contributed by atoms with Crippen LogP contribution in [0.3, 0.4) is 0 Å². The van der Waals surface area contributed by atoms with Gasteiger partial charge in [-0.15, -0.1) is 11.3 Å². The van der Waals surface area contributed by atoms with Crippen molar-refractivity contribution in [3.8, 4) is 0 Å². The second-order valence-electron chi connectivity index (χ2n) is 6.70. The molecule has 1 fully saturated rings. The Morgan fingerprint density at radius 2 is 2.17 bits per heavy atom. The van der Waals surface area contributed by atoms with Crippen LogP contribution in [-0.2, 0) is 6.54 Å². The van der Waals surface area contributed by atoms with Crippen molar-refractivity contribution in [2.45, 2.75) is 38.7 Å². The summed E-state index contributed by atoms with van der Waals surface area (Å²) in [5.41, 5.74) is 6.16. The van der Waals surface area contributed by atoms with Crippen LogP contribution in [0.2, 0.25) is 0 Å². The van der Waals surface area contributed by atoms with Crippen molar-refractivity contribution in [2.75, 3.05) is 5.32 Å². The van der Waals surface area contributed by atoms with E-state index in [9.17, 15) is 18.4 Å². The summed E-state index contributed by atoms with van der Waals surface area (Å²) in [6, 6.07) is 1.36. The number of amides is 2. The van der Waals surface area contributed by atoms with Gasteiger partial charge in [0.05, 0.1) is 10.2 Å². The number of anilines is 1. The maximum absolute atomic E-state index is 13.3. The minimum Gasteiger partial charge on any atom is -0.365 e. The third-order valence-corrected chi connectivity index (χ3v) is 6.35. The van der Waals surface area contributed by atoms with E-state index in [1.165, 1.54) is 6.07 Å². The van der Waals surface area contributed by atoms with Crippen molar-refractivity contribution < 1.29 is 18.4 Å². The lowest BCUT2D eigenvalue weighted by molar-refractivity contribution is 0.100. The Kier molecular flexibility index (Phi) is 5.11. The van der Waals surface area contributed by atoms with Crippen molar-refractivity contribution in [1.29, 1.82) is 0 Å². The molecule has 0 unspecified atom stereocenters. The number of pyridine rings is 1. The molecule has 4 rings (SSSR count). The van der Waals surface area contributed by atoms with Crippen LogP contribution in [0.4, 0.5) is 14.5 Å². The quantitative estimate of drug-likeness (QED) is 0.540. The van der Waals surface area contributed by atoms with Gasteiger partial charge in [-0.3, -0.25) is 14.3 Å². The van der Waals surface area contributed by atoms with E-state index in [2.05, 4.69) is 31.3 Å². The molecule has 3 aromatic rings. The van der Waals surface area contributed by atoms with Crippen LogP contribution in [0.1, 0.15) is 63.5 Å². The standard InChI is InChI=1S/C18H16BrF2N5O2S/c1-2-26-6-9(19)12(25-26)17(28)24-13-11-8(7-3-4-7)5-10(15(20)21)23-18(11)29-14(13)16(22)27/h5-7,15H,2-4H2,1H3,(H2,22,27)(H,24,28). The number of nitrogens with zero attached hydrogens (tertiary/aromatic N) is 3. The molecule has 3 aromatic heterocycles. The molecule has 1 saturated carbocycles. The highest BCUT2D eigenvalue weighted by Crippen LogP contribution is 2.48. The monoisotopic (exact) mass is 483 g/mol. The molecule has 3 heterocycles. The number of aryl methyl sites for hydroxylation is 1. The van der Waals surface area contributed by atoms with Crippen LogP contribution in [0.15, 0.2) is 16.7 Å². The second kappa shape index (κ2) is 7.45. The number of aromatic nitrogens is 3. The van der Waals surface area contributed by atoms with Gasteiger partial charge in [0, 0.05) is 18.1 Å². The molecule has 0 saturated heterocycles. The topological polar surface area (TPSA) is 103 Å². The van der Waals surface area contributed by atoms with Gasteiger partial charge >= 0.3 is 0 Å². The first kappa shape index (κ1) is 19.9. The lowest BCUT2D eigenvalue weighted by atomic mass is 10.0. The van der Waals surface area contributed by atoms with Gasteiger partial charge in [0.25, 0.3) is 18.2 Å². The fraction of sp³-hybridized carbons (Fsp3) is 0.333. The predicted molar refractivity (Wildman–Crippen MR) is 109 cm³/mol. The summed E-state index contributed by atoms with van der Waals surface area (Å²) in [6.45, 7) is 2.46. The Bertz CT molecular complexity index is 1140. The van der Waals surface area contributed by atoms with E-state index in [0.29, 0.717) is 22.0 Å². The lowest BCUT2D eigenvalue weighted by Gasteiger charge is -2.09. The number of nitrogens with two attached hydrogens (primary N) is 1. The molecule has 7 nitrogen and oxygen atoms in total. The van der Waals surface area contributed by atoms with E-state index in [-0.39, 0.29) is 32.7 Å². The maximum atomic E-state index is 13.3. The van der Waals surface area contributed by atoms with Gasteiger partial charge in [-0.25, -0.2) is 13.8 Å². The number of fused-ring (bicyclic) bond motifs is 1. The summed E-state index contributed by atoms with van der Waals surface area (Å²) in [6.07, 6.45) is 0.636. The zero-order valence-corrected chi connectivity index (χ0v) is 17.6. The first-order valence-corrected chi connectivity index (χ1v) is 10.5. The fourth-order valence-electron chi connectivity index (χ4n) is 3.15. The lowest BCUT2D eigenvalue weighted by Crippen LogP contribution is -2.18. The molecule has 0 atom stereocenters. The van der Waals surface area contributed by atoms with Gasteiger partial charge in [0.2, 0.25) is 0 Å². The summed E-state index contributed by atoms with van der Waals surface area (Å²) in [5.74, 6) is -1.21.